The molecule has 0 radical (unpaired) electrons. The van der Waals surface area contributed by atoms with E-state index in [-0.39, 0.29) is 24.2 Å². The van der Waals surface area contributed by atoms with E-state index in [0.717, 1.165) is 5.56 Å². The molecule has 0 aliphatic carbocycles. The third kappa shape index (κ3) is 5.80. The highest BCUT2D eigenvalue weighted by Crippen LogP contribution is 2.18. The Kier molecular flexibility index (Phi) is 7.45. The minimum absolute atomic E-state index is 0. The number of carbonyl (C=O) groups excluding carboxylic acids is 2. The molecule has 25 heavy (non-hydrogen) atoms. The average molecular weight is 362 g/mol. The predicted octanol–water partition coefficient (Wildman–Crippen LogP) is 3.64. The van der Waals surface area contributed by atoms with Gasteiger partial charge in [0, 0.05) is 29.0 Å². The van der Waals surface area contributed by atoms with Gasteiger partial charge in [0.1, 0.15) is 0 Å². The molecule has 2 aromatic rings. The molecular weight excluding hydrogens is 338 g/mol. The molecule has 2 amide bonds. The van der Waals surface area contributed by atoms with Gasteiger partial charge >= 0.3 is 0 Å². The first-order valence-electron chi connectivity index (χ1n) is 7.92. The molecule has 4 N–H and O–H groups in total. The number of anilines is 2. The van der Waals surface area contributed by atoms with Gasteiger partial charge in [-0.15, -0.1) is 12.4 Å². The summed E-state index contributed by atoms with van der Waals surface area (Å²) in [6.07, 6.45) is 0. The second kappa shape index (κ2) is 9.08. The number of hydrogen-bond donors (Lipinski definition) is 3. The summed E-state index contributed by atoms with van der Waals surface area (Å²) < 4.78 is 0. The second-order valence-electron chi connectivity index (χ2n) is 6.21. The highest BCUT2D eigenvalue weighted by Gasteiger charge is 2.11. The number of hydrogen-bond acceptors (Lipinski definition) is 3. The summed E-state index contributed by atoms with van der Waals surface area (Å²) in [4.78, 5) is 24.4. The molecule has 0 bridgehead atoms. The van der Waals surface area contributed by atoms with Crippen LogP contribution in [0, 0.1) is 12.8 Å². The topological polar surface area (TPSA) is 84.2 Å². The molecule has 0 saturated carbocycles. The molecule has 2 aromatic carbocycles. The fourth-order valence-electron chi connectivity index (χ4n) is 2.22. The van der Waals surface area contributed by atoms with Crippen molar-refractivity contribution in [2.45, 2.75) is 20.8 Å². The molecule has 2 rings (SSSR count). The molecule has 0 saturated heterocycles. The quantitative estimate of drug-likeness (QED) is 0.711. The predicted molar refractivity (Wildman–Crippen MR) is 104 cm³/mol. The molecular formula is C19H24ClN3O2. The number of halogens is 1. The number of nitrogens with one attached hydrogen (secondary N) is 2. The van der Waals surface area contributed by atoms with Crippen molar-refractivity contribution in [1.29, 1.82) is 0 Å². The lowest BCUT2D eigenvalue weighted by Gasteiger charge is -2.12. The Morgan fingerprint density at radius 2 is 1.72 bits per heavy atom. The smallest absolute Gasteiger partial charge is 0.255 e. The van der Waals surface area contributed by atoms with Gasteiger partial charge in [-0.25, -0.2) is 0 Å². The number of aryl methyl sites for hydroxylation is 1. The van der Waals surface area contributed by atoms with Gasteiger partial charge < -0.3 is 16.4 Å². The molecule has 0 heterocycles. The summed E-state index contributed by atoms with van der Waals surface area (Å²) in [5.41, 5.74) is 8.80. The summed E-state index contributed by atoms with van der Waals surface area (Å²) in [7, 11) is 0. The van der Waals surface area contributed by atoms with E-state index >= 15 is 0 Å². The lowest BCUT2D eigenvalue weighted by atomic mass is 10.1. The van der Waals surface area contributed by atoms with Crippen molar-refractivity contribution in [3.63, 3.8) is 0 Å². The van der Waals surface area contributed by atoms with Gasteiger partial charge in [-0.1, -0.05) is 19.9 Å². The molecule has 0 aromatic heterocycles. The zero-order chi connectivity index (χ0) is 17.7. The highest BCUT2D eigenvalue weighted by atomic mass is 35.5. The van der Waals surface area contributed by atoms with Crippen molar-refractivity contribution >= 4 is 35.6 Å². The summed E-state index contributed by atoms with van der Waals surface area (Å²) >= 11 is 0. The summed E-state index contributed by atoms with van der Waals surface area (Å²) in [6, 6.07) is 12.0. The highest BCUT2D eigenvalue weighted by molar-refractivity contribution is 6.05. The van der Waals surface area contributed by atoms with Crippen LogP contribution >= 0.6 is 12.4 Å². The van der Waals surface area contributed by atoms with Crippen LogP contribution in [0.15, 0.2) is 42.5 Å². The van der Waals surface area contributed by atoms with E-state index in [1.807, 2.05) is 20.8 Å². The van der Waals surface area contributed by atoms with Crippen LogP contribution in [0.3, 0.4) is 0 Å². The first kappa shape index (κ1) is 20.5. The molecule has 0 unspecified atom stereocenters. The maximum Gasteiger partial charge on any atom is 0.255 e. The lowest BCUT2D eigenvalue weighted by Crippen LogP contribution is -2.27. The normalized spacial score (nSPS) is 10.1. The van der Waals surface area contributed by atoms with Crippen molar-refractivity contribution in [2.75, 3.05) is 17.6 Å². The molecule has 0 aliphatic rings. The molecule has 0 atom stereocenters. The van der Waals surface area contributed by atoms with Crippen LogP contribution in [0.5, 0.6) is 0 Å². The van der Waals surface area contributed by atoms with Crippen LogP contribution in [0.1, 0.15) is 40.1 Å². The van der Waals surface area contributed by atoms with Crippen LogP contribution in [-0.4, -0.2) is 18.4 Å². The molecule has 134 valence electrons. The third-order valence-electron chi connectivity index (χ3n) is 3.56. The fourth-order valence-corrected chi connectivity index (χ4v) is 2.22. The van der Waals surface area contributed by atoms with Gasteiger partial charge in [0.05, 0.1) is 0 Å². The van der Waals surface area contributed by atoms with Crippen molar-refractivity contribution in [3.05, 3.63) is 59.2 Å². The Labute approximate surface area is 154 Å². The molecule has 0 aliphatic heterocycles. The second-order valence-corrected chi connectivity index (χ2v) is 6.21. The number of benzene rings is 2. The molecule has 0 spiro atoms. The fraction of sp³-hybridized carbons (Fsp3) is 0.263. The average Bonchev–Trinajstić information content (AvgIpc) is 2.54. The Bertz CT molecular complexity index is 760. The Balaban J connectivity index is 0.00000312. The Morgan fingerprint density at radius 1 is 1.04 bits per heavy atom. The van der Waals surface area contributed by atoms with Gasteiger partial charge in [0.25, 0.3) is 11.8 Å². The van der Waals surface area contributed by atoms with Crippen LogP contribution in [0.2, 0.25) is 0 Å². The number of rotatable bonds is 5. The van der Waals surface area contributed by atoms with E-state index in [2.05, 4.69) is 10.6 Å². The van der Waals surface area contributed by atoms with Crippen LogP contribution < -0.4 is 16.4 Å². The van der Waals surface area contributed by atoms with Crippen LogP contribution in [-0.2, 0) is 0 Å². The summed E-state index contributed by atoms with van der Waals surface area (Å²) in [6.45, 7) is 6.57. The van der Waals surface area contributed by atoms with Gasteiger partial charge in [-0.2, -0.15) is 0 Å². The van der Waals surface area contributed by atoms with Crippen molar-refractivity contribution in [1.82, 2.24) is 5.32 Å². The van der Waals surface area contributed by atoms with E-state index in [9.17, 15) is 9.59 Å². The van der Waals surface area contributed by atoms with Gasteiger partial charge in [-0.05, 0) is 54.8 Å². The maximum atomic E-state index is 12.3. The standard InChI is InChI=1S/C19H23N3O2.ClH/c1-12(2)11-21-18(23)15-7-8-17(13(3)9-15)22-19(24)14-5-4-6-16(20)10-14;/h4-10,12H,11,20H2,1-3H3,(H,21,23)(H,22,24);1H. The third-order valence-corrected chi connectivity index (χ3v) is 3.56. The van der Waals surface area contributed by atoms with Crippen molar-refractivity contribution < 1.29 is 9.59 Å². The first-order chi connectivity index (χ1) is 11.4. The lowest BCUT2D eigenvalue weighted by molar-refractivity contribution is 0.0948. The van der Waals surface area contributed by atoms with E-state index in [0.29, 0.717) is 35.0 Å². The van der Waals surface area contributed by atoms with Gasteiger partial charge in [-0.3, -0.25) is 9.59 Å². The van der Waals surface area contributed by atoms with E-state index in [4.69, 9.17) is 5.73 Å². The Morgan fingerprint density at radius 3 is 2.32 bits per heavy atom. The SMILES string of the molecule is Cc1cc(C(=O)NCC(C)C)ccc1NC(=O)c1cccc(N)c1.Cl. The van der Waals surface area contributed by atoms with Crippen LogP contribution in [0.4, 0.5) is 11.4 Å². The minimum Gasteiger partial charge on any atom is -0.399 e. The zero-order valence-corrected chi connectivity index (χ0v) is 15.4. The summed E-state index contributed by atoms with van der Waals surface area (Å²) in [5, 5.41) is 5.72. The van der Waals surface area contributed by atoms with Crippen molar-refractivity contribution in [3.8, 4) is 0 Å². The molecule has 6 heteroatoms. The largest absolute Gasteiger partial charge is 0.399 e. The maximum absolute atomic E-state index is 12.3. The number of nitrogens with two attached hydrogens (primary N) is 1. The van der Waals surface area contributed by atoms with E-state index in [1.165, 1.54) is 0 Å². The first-order valence-corrected chi connectivity index (χ1v) is 7.92. The number of amides is 2. The minimum atomic E-state index is -0.234. The van der Waals surface area contributed by atoms with Gasteiger partial charge in [0.2, 0.25) is 0 Å². The van der Waals surface area contributed by atoms with E-state index < -0.39 is 0 Å². The van der Waals surface area contributed by atoms with Crippen LogP contribution in [0.25, 0.3) is 0 Å². The Hall–Kier alpha value is -2.53. The molecule has 0 fully saturated rings. The van der Waals surface area contributed by atoms with Crippen molar-refractivity contribution in [2.24, 2.45) is 5.92 Å². The van der Waals surface area contributed by atoms with E-state index in [1.54, 1.807) is 42.5 Å². The number of nitrogen functional groups attached to an aromatic ring is 1. The molecule has 5 nitrogen and oxygen atoms in total. The summed E-state index contributed by atoms with van der Waals surface area (Å²) in [5.74, 6) is 0.0508. The zero-order valence-electron chi connectivity index (χ0n) is 14.6. The number of carbonyl (C=O) groups is 2. The monoisotopic (exact) mass is 361 g/mol. The van der Waals surface area contributed by atoms with Gasteiger partial charge in [0.15, 0.2) is 0 Å².